The first kappa shape index (κ1) is 9.97. The van der Waals surface area contributed by atoms with Gasteiger partial charge in [-0.05, 0) is 54.7 Å². The Hall–Kier alpha value is -1.11. The Labute approximate surface area is 79.1 Å². The minimum absolute atomic E-state index is 0.164. The van der Waals surface area contributed by atoms with Crippen molar-refractivity contribution in [2.75, 3.05) is 0 Å². The van der Waals surface area contributed by atoms with Crippen molar-refractivity contribution in [1.82, 2.24) is 0 Å². The van der Waals surface area contributed by atoms with Crippen LogP contribution in [0.3, 0.4) is 0 Å². The van der Waals surface area contributed by atoms with Gasteiger partial charge in [0.2, 0.25) is 0 Å². The standard InChI is InChI=1S/C12H15F/c1-5-8(2)12-9(3)6-11(13)7-10(12)4/h6-7H,2,5H2,1,3-4H3. The Kier molecular flexibility index (Phi) is 2.86. The lowest BCUT2D eigenvalue weighted by atomic mass is 9.95. The summed E-state index contributed by atoms with van der Waals surface area (Å²) in [5, 5.41) is 0. The highest BCUT2D eigenvalue weighted by molar-refractivity contribution is 5.68. The normalized spacial score (nSPS) is 10.2. The third-order valence-corrected chi connectivity index (χ3v) is 2.28. The van der Waals surface area contributed by atoms with Gasteiger partial charge in [0.05, 0.1) is 0 Å². The van der Waals surface area contributed by atoms with Crippen LogP contribution < -0.4 is 0 Å². The van der Waals surface area contributed by atoms with E-state index < -0.39 is 0 Å². The maximum Gasteiger partial charge on any atom is 0.123 e. The quantitative estimate of drug-likeness (QED) is 0.645. The van der Waals surface area contributed by atoms with Crippen molar-refractivity contribution < 1.29 is 4.39 Å². The largest absolute Gasteiger partial charge is 0.207 e. The third kappa shape index (κ3) is 1.97. The Morgan fingerprint density at radius 1 is 1.31 bits per heavy atom. The van der Waals surface area contributed by atoms with Gasteiger partial charge < -0.3 is 0 Å². The van der Waals surface area contributed by atoms with E-state index in [4.69, 9.17) is 0 Å². The number of halogens is 1. The van der Waals surface area contributed by atoms with Gasteiger partial charge in [-0.2, -0.15) is 0 Å². The molecular weight excluding hydrogens is 163 g/mol. The predicted octanol–water partition coefficient (Wildman–Crippen LogP) is 3.87. The van der Waals surface area contributed by atoms with Crippen molar-refractivity contribution >= 4 is 5.57 Å². The Bertz CT molecular complexity index is 314. The predicted molar refractivity (Wildman–Crippen MR) is 55.2 cm³/mol. The van der Waals surface area contributed by atoms with E-state index in [0.29, 0.717) is 0 Å². The topological polar surface area (TPSA) is 0 Å². The van der Waals surface area contributed by atoms with Crippen LogP contribution in [-0.4, -0.2) is 0 Å². The molecule has 0 atom stereocenters. The number of rotatable bonds is 2. The lowest BCUT2D eigenvalue weighted by Crippen LogP contribution is -1.93. The highest BCUT2D eigenvalue weighted by atomic mass is 19.1. The second kappa shape index (κ2) is 3.73. The summed E-state index contributed by atoms with van der Waals surface area (Å²) in [5.41, 5.74) is 4.15. The van der Waals surface area contributed by atoms with Gasteiger partial charge in [-0.25, -0.2) is 4.39 Å². The average molecular weight is 178 g/mol. The van der Waals surface area contributed by atoms with E-state index in [2.05, 4.69) is 13.5 Å². The monoisotopic (exact) mass is 178 g/mol. The van der Waals surface area contributed by atoms with Gasteiger partial charge in [0.15, 0.2) is 0 Å². The molecular formula is C12H15F. The van der Waals surface area contributed by atoms with Gasteiger partial charge in [-0.3, -0.25) is 0 Å². The van der Waals surface area contributed by atoms with Gasteiger partial charge in [-0.1, -0.05) is 13.5 Å². The van der Waals surface area contributed by atoms with Crippen LogP contribution in [0.2, 0.25) is 0 Å². The molecule has 0 saturated heterocycles. The van der Waals surface area contributed by atoms with Crippen molar-refractivity contribution in [3.63, 3.8) is 0 Å². The smallest absolute Gasteiger partial charge is 0.123 e. The molecule has 0 radical (unpaired) electrons. The van der Waals surface area contributed by atoms with Crippen molar-refractivity contribution in [3.05, 3.63) is 41.2 Å². The number of hydrogen-bond donors (Lipinski definition) is 0. The molecule has 0 aliphatic rings. The van der Waals surface area contributed by atoms with Gasteiger partial charge in [0.25, 0.3) is 0 Å². The molecule has 1 aromatic carbocycles. The average Bonchev–Trinajstić information content (AvgIpc) is 2.02. The van der Waals surface area contributed by atoms with Crippen LogP contribution in [0.1, 0.15) is 30.0 Å². The van der Waals surface area contributed by atoms with Crippen molar-refractivity contribution in [2.24, 2.45) is 0 Å². The lowest BCUT2D eigenvalue weighted by Gasteiger charge is -2.11. The fourth-order valence-corrected chi connectivity index (χ4v) is 1.65. The molecule has 0 fully saturated rings. The van der Waals surface area contributed by atoms with Crippen LogP contribution in [0.25, 0.3) is 5.57 Å². The molecule has 0 bridgehead atoms. The molecule has 0 N–H and O–H groups in total. The summed E-state index contributed by atoms with van der Waals surface area (Å²) < 4.78 is 12.9. The van der Waals surface area contributed by atoms with Crippen LogP contribution in [0, 0.1) is 19.7 Å². The van der Waals surface area contributed by atoms with Gasteiger partial charge in [0.1, 0.15) is 5.82 Å². The Morgan fingerprint density at radius 2 is 1.77 bits per heavy atom. The fourth-order valence-electron chi connectivity index (χ4n) is 1.65. The summed E-state index contributed by atoms with van der Waals surface area (Å²) in [7, 11) is 0. The highest BCUT2D eigenvalue weighted by Gasteiger charge is 2.06. The Balaban J connectivity index is 3.28. The molecule has 0 heterocycles. The molecule has 0 aliphatic heterocycles. The van der Waals surface area contributed by atoms with Crippen LogP contribution in [0.4, 0.5) is 4.39 Å². The number of allylic oxidation sites excluding steroid dienone is 1. The van der Waals surface area contributed by atoms with Crippen LogP contribution in [0.15, 0.2) is 18.7 Å². The van der Waals surface area contributed by atoms with Crippen molar-refractivity contribution in [2.45, 2.75) is 27.2 Å². The zero-order valence-electron chi connectivity index (χ0n) is 8.45. The minimum atomic E-state index is -0.164. The molecule has 0 spiro atoms. The van der Waals surface area contributed by atoms with Crippen LogP contribution in [-0.2, 0) is 0 Å². The minimum Gasteiger partial charge on any atom is -0.207 e. The van der Waals surface area contributed by atoms with E-state index in [1.54, 1.807) is 12.1 Å². The molecule has 13 heavy (non-hydrogen) atoms. The molecule has 1 heteroatoms. The highest BCUT2D eigenvalue weighted by Crippen LogP contribution is 2.24. The number of benzene rings is 1. The van der Waals surface area contributed by atoms with E-state index in [0.717, 1.165) is 28.7 Å². The molecule has 0 saturated carbocycles. The first-order valence-electron chi connectivity index (χ1n) is 4.51. The summed E-state index contributed by atoms with van der Waals surface area (Å²) in [6.07, 6.45) is 0.910. The molecule has 0 nitrogen and oxygen atoms in total. The zero-order valence-corrected chi connectivity index (χ0v) is 8.45. The zero-order chi connectivity index (χ0) is 10.0. The molecule has 0 unspecified atom stereocenters. The Morgan fingerprint density at radius 3 is 2.15 bits per heavy atom. The first-order valence-corrected chi connectivity index (χ1v) is 4.51. The van der Waals surface area contributed by atoms with Crippen LogP contribution >= 0.6 is 0 Å². The second-order valence-corrected chi connectivity index (χ2v) is 3.37. The fraction of sp³-hybridized carbons (Fsp3) is 0.333. The maximum absolute atomic E-state index is 12.9. The lowest BCUT2D eigenvalue weighted by molar-refractivity contribution is 0.625. The number of hydrogen-bond acceptors (Lipinski definition) is 0. The van der Waals surface area contributed by atoms with E-state index >= 15 is 0 Å². The molecule has 0 aromatic heterocycles. The molecule has 0 aliphatic carbocycles. The summed E-state index contributed by atoms with van der Waals surface area (Å²) >= 11 is 0. The van der Waals surface area contributed by atoms with E-state index in [1.807, 2.05) is 13.8 Å². The SMILES string of the molecule is C=C(CC)c1c(C)cc(F)cc1C. The van der Waals surface area contributed by atoms with Gasteiger partial charge in [0, 0.05) is 0 Å². The maximum atomic E-state index is 12.9. The van der Waals surface area contributed by atoms with Crippen molar-refractivity contribution in [3.8, 4) is 0 Å². The van der Waals surface area contributed by atoms with Gasteiger partial charge >= 0.3 is 0 Å². The third-order valence-electron chi connectivity index (χ3n) is 2.28. The molecule has 0 amide bonds. The molecule has 70 valence electrons. The summed E-state index contributed by atoms with van der Waals surface area (Å²) in [6.45, 7) is 9.88. The summed E-state index contributed by atoms with van der Waals surface area (Å²) in [6, 6.07) is 3.12. The summed E-state index contributed by atoms with van der Waals surface area (Å²) in [4.78, 5) is 0. The number of aryl methyl sites for hydroxylation is 2. The van der Waals surface area contributed by atoms with Gasteiger partial charge in [-0.15, -0.1) is 0 Å². The van der Waals surface area contributed by atoms with Crippen molar-refractivity contribution in [1.29, 1.82) is 0 Å². The molecule has 1 aromatic rings. The first-order chi connectivity index (χ1) is 6.06. The van der Waals surface area contributed by atoms with Crippen LogP contribution in [0.5, 0.6) is 0 Å². The van der Waals surface area contributed by atoms with E-state index in [-0.39, 0.29) is 5.82 Å². The van der Waals surface area contributed by atoms with E-state index in [9.17, 15) is 4.39 Å². The summed E-state index contributed by atoms with van der Waals surface area (Å²) in [5.74, 6) is -0.164. The van der Waals surface area contributed by atoms with E-state index in [1.165, 1.54) is 0 Å². The second-order valence-electron chi connectivity index (χ2n) is 3.37. The molecule has 1 rings (SSSR count).